The smallest absolute Gasteiger partial charge is 0.127 e. The molecule has 0 saturated carbocycles. The Hall–Kier alpha value is -1.26. The molecule has 1 heterocycles. The van der Waals surface area contributed by atoms with Crippen LogP contribution in [0.4, 0.5) is 0 Å². The van der Waals surface area contributed by atoms with Gasteiger partial charge in [0.05, 0.1) is 7.11 Å². The predicted molar refractivity (Wildman–Crippen MR) is 81.3 cm³/mol. The van der Waals surface area contributed by atoms with E-state index in [9.17, 15) is 5.11 Å². The van der Waals surface area contributed by atoms with Gasteiger partial charge in [-0.25, -0.2) is 0 Å². The molecule has 0 aliphatic carbocycles. The number of methoxy groups -OCH3 is 1. The Balaban J connectivity index is 2.29. The van der Waals surface area contributed by atoms with Crippen LogP contribution < -0.4 is 10.1 Å². The molecule has 0 spiro atoms. The summed E-state index contributed by atoms with van der Waals surface area (Å²) in [7, 11) is 1.67. The fourth-order valence-electron chi connectivity index (χ4n) is 2.89. The minimum absolute atomic E-state index is 0.259. The highest BCUT2D eigenvalue weighted by atomic mass is 16.5. The van der Waals surface area contributed by atoms with Crippen LogP contribution in [-0.2, 0) is 0 Å². The number of benzene rings is 1. The monoisotopic (exact) mass is 278 g/mol. The number of hydrogen-bond acceptors (Lipinski definition) is 4. The number of hydrogen-bond donors (Lipinski definition) is 2. The van der Waals surface area contributed by atoms with E-state index in [2.05, 4.69) is 24.1 Å². The maximum Gasteiger partial charge on any atom is 0.127 e. The summed E-state index contributed by atoms with van der Waals surface area (Å²) >= 11 is 0. The maximum absolute atomic E-state index is 9.64. The van der Waals surface area contributed by atoms with E-state index in [0.717, 1.165) is 38.3 Å². The summed E-state index contributed by atoms with van der Waals surface area (Å²) in [6.45, 7) is 8.69. The predicted octanol–water partition coefficient (Wildman–Crippen LogP) is 2.39. The Labute approximate surface area is 121 Å². The summed E-state index contributed by atoms with van der Waals surface area (Å²) in [4.78, 5) is 2.52. The van der Waals surface area contributed by atoms with Crippen molar-refractivity contribution in [1.29, 1.82) is 0 Å². The molecule has 1 saturated heterocycles. The molecule has 20 heavy (non-hydrogen) atoms. The zero-order valence-corrected chi connectivity index (χ0v) is 12.7. The molecule has 0 radical (unpaired) electrons. The van der Waals surface area contributed by atoms with Crippen LogP contribution in [-0.4, -0.2) is 43.3 Å². The molecule has 2 rings (SSSR count). The van der Waals surface area contributed by atoms with Crippen molar-refractivity contribution in [2.75, 3.05) is 33.3 Å². The average Bonchev–Trinajstić information content (AvgIpc) is 2.45. The van der Waals surface area contributed by atoms with Crippen LogP contribution >= 0.6 is 0 Å². The topological polar surface area (TPSA) is 44.7 Å². The van der Waals surface area contributed by atoms with Crippen LogP contribution in [0.25, 0.3) is 0 Å². The third kappa shape index (κ3) is 3.64. The van der Waals surface area contributed by atoms with Gasteiger partial charge in [0, 0.05) is 43.9 Å². The first-order valence-electron chi connectivity index (χ1n) is 7.43. The Morgan fingerprint density at radius 1 is 1.30 bits per heavy atom. The Morgan fingerprint density at radius 2 is 2.00 bits per heavy atom. The van der Waals surface area contributed by atoms with Crippen molar-refractivity contribution in [3.05, 3.63) is 23.8 Å². The van der Waals surface area contributed by atoms with Gasteiger partial charge in [0.15, 0.2) is 0 Å². The summed E-state index contributed by atoms with van der Waals surface area (Å²) in [5.74, 6) is 1.66. The second-order valence-corrected chi connectivity index (χ2v) is 5.86. The van der Waals surface area contributed by atoms with Gasteiger partial charge in [0.2, 0.25) is 0 Å². The normalized spacial score (nSPS) is 18.2. The number of piperazine rings is 1. The molecule has 4 heteroatoms. The van der Waals surface area contributed by atoms with Crippen LogP contribution in [0.5, 0.6) is 11.5 Å². The number of rotatable bonds is 5. The summed E-state index contributed by atoms with van der Waals surface area (Å²) in [6.07, 6.45) is 1.10. The Bertz CT molecular complexity index is 428. The Kier molecular flexibility index (Phi) is 5.26. The number of nitrogens with one attached hydrogen (secondary N) is 1. The van der Waals surface area contributed by atoms with Crippen molar-refractivity contribution in [3.63, 3.8) is 0 Å². The van der Waals surface area contributed by atoms with Gasteiger partial charge in [-0.1, -0.05) is 19.9 Å². The minimum atomic E-state index is 0.259. The van der Waals surface area contributed by atoms with E-state index in [1.807, 2.05) is 6.07 Å². The first-order valence-corrected chi connectivity index (χ1v) is 7.43. The van der Waals surface area contributed by atoms with Crippen molar-refractivity contribution in [2.24, 2.45) is 5.92 Å². The van der Waals surface area contributed by atoms with E-state index >= 15 is 0 Å². The quantitative estimate of drug-likeness (QED) is 0.868. The van der Waals surface area contributed by atoms with Crippen LogP contribution in [0, 0.1) is 5.92 Å². The summed E-state index contributed by atoms with van der Waals surface area (Å²) in [5, 5.41) is 13.0. The SMILES string of the molecule is COc1cc(O)ccc1[C@@H](CC(C)C)N1CCNCC1. The molecule has 0 bridgehead atoms. The zero-order valence-electron chi connectivity index (χ0n) is 12.7. The standard InChI is InChI=1S/C16H26N2O2/c1-12(2)10-15(18-8-6-17-7-9-18)14-5-4-13(19)11-16(14)20-3/h4-5,11-12,15,17,19H,6-10H2,1-3H3/t15-/m1/s1. The van der Waals surface area contributed by atoms with E-state index in [4.69, 9.17) is 4.74 Å². The van der Waals surface area contributed by atoms with Gasteiger partial charge >= 0.3 is 0 Å². The fraction of sp³-hybridized carbons (Fsp3) is 0.625. The molecule has 1 aromatic rings. The van der Waals surface area contributed by atoms with Crippen molar-refractivity contribution in [2.45, 2.75) is 26.3 Å². The van der Waals surface area contributed by atoms with E-state index < -0.39 is 0 Å². The average molecular weight is 278 g/mol. The third-order valence-electron chi connectivity index (χ3n) is 3.86. The molecule has 0 amide bonds. The molecule has 0 aromatic heterocycles. The second kappa shape index (κ2) is 6.95. The van der Waals surface area contributed by atoms with Crippen molar-refractivity contribution in [1.82, 2.24) is 10.2 Å². The largest absolute Gasteiger partial charge is 0.508 e. The van der Waals surface area contributed by atoms with E-state index in [1.54, 1.807) is 19.2 Å². The van der Waals surface area contributed by atoms with Gasteiger partial charge in [-0.2, -0.15) is 0 Å². The molecule has 2 N–H and O–H groups in total. The molecule has 1 aliphatic rings. The van der Waals surface area contributed by atoms with Gasteiger partial charge < -0.3 is 15.2 Å². The first kappa shape index (κ1) is 15.1. The number of phenolic OH excluding ortho intramolecular Hbond substituents is 1. The molecule has 112 valence electrons. The molecule has 0 unspecified atom stereocenters. The number of phenols is 1. The lowest BCUT2D eigenvalue weighted by molar-refractivity contribution is 0.151. The van der Waals surface area contributed by atoms with Gasteiger partial charge in [-0.05, 0) is 18.4 Å². The highest BCUT2D eigenvalue weighted by molar-refractivity contribution is 5.42. The van der Waals surface area contributed by atoms with E-state index in [1.165, 1.54) is 5.56 Å². The third-order valence-corrected chi connectivity index (χ3v) is 3.86. The number of aromatic hydroxyl groups is 1. The molecule has 4 nitrogen and oxygen atoms in total. The fourth-order valence-corrected chi connectivity index (χ4v) is 2.89. The van der Waals surface area contributed by atoms with Crippen molar-refractivity contribution in [3.8, 4) is 11.5 Å². The zero-order chi connectivity index (χ0) is 14.5. The first-order chi connectivity index (χ1) is 9.61. The lowest BCUT2D eigenvalue weighted by atomic mass is 9.94. The van der Waals surface area contributed by atoms with Crippen molar-refractivity contribution >= 4 is 0 Å². The lowest BCUT2D eigenvalue weighted by Crippen LogP contribution is -2.45. The van der Waals surface area contributed by atoms with Crippen LogP contribution in [0.15, 0.2) is 18.2 Å². The van der Waals surface area contributed by atoms with Gasteiger partial charge in [0.25, 0.3) is 0 Å². The maximum atomic E-state index is 9.64. The van der Waals surface area contributed by atoms with Crippen LogP contribution in [0.1, 0.15) is 31.9 Å². The molecule has 1 atom stereocenters. The Morgan fingerprint density at radius 3 is 2.60 bits per heavy atom. The van der Waals surface area contributed by atoms with Gasteiger partial charge in [-0.15, -0.1) is 0 Å². The number of nitrogens with zero attached hydrogens (tertiary/aromatic N) is 1. The van der Waals surface area contributed by atoms with Crippen LogP contribution in [0.3, 0.4) is 0 Å². The molecular weight excluding hydrogens is 252 g/mol. The van der Waals surface area contributed by atoms with Crippen LogP contribution in [0.2, 0.25) is 0 Å². The summed E-state index contributed by atoms with van der Waals surface area (Å²) in [5.41, 5.74) is 1.18. The number of ether oxygens (including phenoxy) is 1. The lowest BCUT2D eigenvalue weighted by Gasteiger charge is -2.36. The summed E-state index contributed by atoms with van der Waals surface area (Å²) < 4.78 is 5.48. The second-order valence-electron chi connectivity index (χ2n) is 5.86. The molecule has 1 aliphatic heterocycles. The van der Waals surface area contributed by atoms with Crippen molar-refractivity contribution < 1.29 is 9.84 Å². The molecular formula is C16H26N2O2. The van der Waals surface area contributed by atoms with Gasteiger partial charge in [-0.3, -0.25) is 4.90 Å². The summed E-state index contributed by atoms with van der Waals surface area (Å²) in [6, 6.07) is 5.83. The minimum Gasteiger partial charge on any atom is -0.508 e. The highest BCUT2D eigenvalue weighted by Gasteiger charge is 2.25. The van der Waals surface area contributed by atoms with E-state index in [0.29, 0.717) is 12.0 Å². The van der Waals surface area contributed by atoms with E-state index in [-0.39, 0.29) is 5.75 Å². The van der Waals surface area contributed by atoms with Gasteiger partial charge in [0.1, 0.15) is 11.5 Å². The molecule has 1 fully saturated rings. The molecule has 1 aromatic carbocycles. The highest BCUT2D eigenvalue weighted by Crippen LogP contribution is 2.36.